The molecule has 0 saturated carbocycles. The van der Waals surface area contributed by atoms with Crippen molar-refractivity contribution in [2.75, 3.05) is 14.2 Å². The van der Waals surface area contributed by atoms with Gasteiger partial charge in [-0.15, -0.1) is 0 Å². The Morgan fingerprint density at radius 3 is 2.84 bits per heavy atom. The first-order valence-electron chi connectivity index (χ1n) is 6.22. The quantitative estimate of drug-likeness (QED) is 0.915. The molecular weight excluding hydrogens is 262 g/mol. The monoisotopic (exact) mass is 279 g/mol. The molecule has 0 amide bonds. The molecule has 1 N–H and O–H groups in total. The first-order valence-corrected chi connectivity index (χ1v) is 6.60. The van der Waals surface area contributed by atoms with Crippen molar-refractivity contribution in [2.24, 2.45) is 0 Å². The van der Waals surface area contributed by atoms with E-state index in [1.165, 1.54) is 0 Å². The molecular formula is C14H18ClN3O. The van der Waals surface area contributed by atoms with Crippen LogP contribution in [0.3, 0.4) is 0 Å². The van der Waals surface area contributed by atoms with Crippen molar-refractivity contribution in [3.8, 4) is 5.75 Å². The number of hydrogen-bond donors (Lipinski definition) is 1. The van der Waals surface area contributed by atoms with Crippen LogP contribution in [0.15, 0.2) is 30.6 Å². The minimum atomic E-state index is 0.0347. The van der Waals surface area contributed by atoms with Crippen LogP contribution in [0.2, 0.25) is 5.02 Å². The Morgan fingerprint density at radius 1 is 1.47 bits per heavy atom. The van der Waals surface area contributed by atoms with Crippen LogP contribution in [0.25, 0.3) is 0 Å². The molecule has 0 aliphatic rings. The lowest BCUT2D eigenvalue weighted by atomic mass is 10.0. The predicted molar refractivity (Wildman–Crippen MR) is 76.8 cm³/mol. The molecule has 2 aromatic rings. The molecule has 1 atom stereocenters. The molecule has 1 heterocycles. The first kappa shape index (κ1) is 13.9. The second kappa shape index (κ2) is 6.08. The zero-order chi connectivity index (χ0) is 13.8. The number of nitrogens with zero attached hydrogens (tertiary/aromatic N) is 2. The first-order chi connectivity index (χ1) is 9.19. The van der Waals surface area contributed by atoms with E-state index in [1.54, 1.807) is 7.11 Å². The van der Waals surface area contributed by atoms with E-state index in [1.807, 2.05) is 42.3 Å². The predicted octanol–water partition coefficient (Wildman–Crippen LogP) is 2.87. The SMILES string of the molecule is CCn1cc(C(NC)c2ccc(Cl)cc2OC)cn1. The number of benzene rings is 1. The smallest absolute Gasteiger partial charge is 0.125 e. The van der Waals surface area contributed by atoms with E-state index in [-0.39, 0.29) is 6.04 Å². The summed E-state index contributed by atoms with van der Waals surface area (Å²) in [5.41, 5.74) is 2.15. The van der Waals surface area contributed by atoms with Gasteiger partial charge < -0.3 is 10.1 Å². The van der Waals surface area contributed by atoms with Crippen LogP contribution in [0, 0.1) is 0 Å². The molecule has 2 rings (SSSR count). The van der Waals surface area contributed by atoms with Gasteiger partial charge in [-0.1, -0.05) is 17.7 Å². The molecule has 0 aliphatic heterocycles. The highest BCUT2D eigenvalue weighted by atomic mass is 35.5. The van der Waals surface area contributed by atoms with Crippen molar-refractivity contribution in [3.63, 3.8) is 0 Å². The van der Waals surface area contributed by atoms with Gasteiger partial charge in [-0.2, -0.15) is 5.10 Å². The minimum absolute atomic E-state index is 0.0347. The fourth-order valence-electron chi connectivity index (χ4n) is 2.13. The van der Waals surface area contributed by atoms with E-state index >= 15 is 0 Å². The number of hydrogen-bond acceptors (Lipinski definition) is 3. The van der Waals surface area contributed by atoms with Gasteiger partial charge in [-0.05, 0) is 26.1 Å². The molecule has 0 saturated heterocycles. The van der Waals surface area contributed by atoms with Crippen LogP contribution < -0.4 is 10.1 Å². The van der Waals surface area contributed by atoms with Crippen LogP contribution >= 0.6 is 11.6 Å². The van der Waals surface area contributed by atoms with Gasteiger partial charge >= 0.3 is 0 Å². The summed E-state index contributed by atoms with van der Waals surface area (Å²) in [4.78, 5) is 0. The number of nitrogens with one attached hydrogen (secondary N) is 1. The third-order valence-corrected chi connectivity index (χ3v) is 3.34. The Labute approximate surface area is 118 Å². The van der Waals surface area contributed by atoms with Crippen LogP contribution in [-0.2, 0) is 6.54 Å². The molecule has 102 valence electrons. The summed E-state index contributed by atoms with van der Waals surface area (Å²) in [7, 11) is 3.57. The molecule has 1 aromatic heterocycles. The standard InChI is InChI=1S/C14H18ClN3O/c1-4-18-9-10(8-17-18)14(16-2)12-6-5-11(15)7-13(12)19-3/h5-9,14,16H,4H2,1-3H3. The molecule has 4 nitrogen and oxygen atoms in total. The lowest BCUT2D eigenvalue weighted by Crippen LogP contribution is -2.18. The Kier molecular flexibility index (Phi) is 4.45. The van der Waals surface area contributed by atoms with Gasteiger partial charge in [0, 0.05) is 28.9 Å². The third kappa shape index (κ3) is 2.91. The van der Waals surface area contributed by atoms with E-state index < -0.39 is 0 Å². The summed E-state index contributed by atoms with van der Waals surface area (Å²) < 4.78 is 7.32. The number of halogens is 1. The highest BCUT2D eigenvalue weighted by Crippen LogP contribution is 2.31. The van der Waals surface area contributed by atoms with Gasteiger partial charge in [0.15, 0.2) is 0 Å². The van der Waals surface area contributed by atoms with Crippen molar-refractivity contribution >= 4 is 11.6 Å². The van der Waals surface area contributed by atoms with Gasteiger partial charge in [0.2, 0.25) is 0 Å². The van der Waals surface area contributed by atoms with Crippen LogP contribution in [-0.4, -0.2) is 23.9 Å². The van der Waals surface area contributed by atoms with Gasteiger partial charge in [0.1, 0.15) is 5.75 Å². The van der Waals surface area contributed by atoms with Crippen molar-refractivity contribution < 1.29 is 4.74 Å². The average molecular weight is 280 g/mol. The van der Waals surface area contributed by atoms with Crippen molar-refractivity contribution in [1.82, 2.24) is 15.1 Å². The molecule has 0 spiro atoms. The largest absolute Gasteiger partial charge is 0.496 e. The number of methoxy groups -OCH3 is 1. The Bertz CT molecular complexity index is 553. The lowest BCUT2D eigenvalue weighted by Gasteiger charge is -2.18. The van der Waals surface area contributed by atoms with Gasteiger partial charge in [-0.25, -0.2) is 0 Å². The van der Waals surface area contributed by atoms with E-state index in [0.29, 0.717) is 5.02 Å². The fourth-order valence-corrected chi connectivity index (χ4v) is 2.29. The van der Waals surface area contributed by atoms with Crippen molar-refractivity contribution in [3.05, 3.63) is 46.7 Å². The maximum Gasteiger partial charge on any atom is 0.125 e. The number of aryl methyl sites for hydroxylation is 1. The molecule has 0 fully saturated rings. The summed E-state index contributed by atoms with van der Waals surface area (Å²) in [5.74, 6) is 0.774. The molecule has 19 heavy (non-hydrogen) atoms. The number of aromatic nitrogens is 2. The van der Waals surface area contributed by atoms with Gasteiger partial charge in [0.05, 0.1) is 19.3 Å². The highest BCUT2D eigenvalue weighted by molar-refractivity contribution is 6.30. The molecule has 1 aromatic carbocycles. The van der Waals surface area contributed by atoms with E-state index in [4.69, 9.17) is 16.3 Å². The number of ether oxygens (including phenoxy) is 1. The topological polar surface area (TPSA) is 39.1 Å². The third-order valence-electron chi connectivity index (χ3n) is 3.11. The fraction of sp³-hybridized carbons (Fsp3) is 0.357. The van der Waals surface area contributed by atoms with Crippen molar-refractivity contribution in [1.29, 1.82) is 0 Å². The molecule has 0 radical (unpaired) electrons. The second-order valence-electron chi connectivity index (χ2n) is 4.24. The molecule has 1 unspecified atom stereocenters. The van der Waals surface area contributed by atoms with E-state index in [0.717, 1.165) is 23.4 Å². The minimum Gasteiger partial charge on any atom is -0.496 e. The maximum atomic E-state index is 6.00. The van der Waals surface area contributed by atoms with E-state index in [9.17, 15) is 0 Å². The van der Waals surface area contributed by atoms with Gasteiger partial charge in [-0.3, -0.25) is 4.68 Å². The van der Waals surface area contributed by atoms with E-state index in [2.05, 4.69) is 17.3 Å². The maximum absolute atomic E-state index is 6.00. The zero-order valence-electron chi connectivity index (χ0n) is 11.4. The zero-order valence-corrected chi connectivity index (χ0v) is 12.1. The van der Waals surface area contributed by atoms with Crippen LogP contribution in [0.1, 0.15) is 24.1 Å². The van der Waals surface area contributed by atoms with Crippen LogP contribution in [0.5, 0.6) is 5.75 Å². The Hall–Kier alpha value is -1.52. The molecule has 0 bridgehead atoms. The van der Waals surface area contributed by atoms with Gasteiger partial charge in [0.25, 0.3) is 0 Å². The highest BCUT2D eigenvalue weighted by Gasteiger charge is 2.18. The summed E-state index contributed by atoms with van der Waals surface area (Å²) >= 11 is 6.00. The summed E-state index contributed by atoms with van der Waals surface area (Å²) in [6.07, 6.45) is 3.91. The molecule has 5 heteroatoms. The number of rotatable bonds is 5. The summed E-state index contributed by atoms with van der Waals surface area (Å²) in [6.45, 7) is 2.92. The average Bonchev–Trinajstić information content (AvgIpc) is 2.89. The summed E-state index contributed by atoms with van der Waals surface area (Å²) in [5, 5.41) is 8.27. The molecule has 0 aliphatic carbocycles. The Balaban J connectivity index is 2.41. The van der Waals surface area contributed by atoms with Crippen molar-refractivity contribution in [2.45, 2.75) is 19.5 Å². The lowest BCUT2D eigenvalue weighted by molar-refractivity contribution is 0.405. The normalized spacial score (nSPS) is 12.4. The van der Waals surface area contributed by atoms with Crippen LogP contribution in [0.4, 0.5) is 0 Å². The second-order valence-corrected chi connectivity index (χ2v) is 4.67. The Morgan fingerprint density at radius 2 is 2.26 bits per heavy atom. The summed E-state index contributed by atoms with van der Waals surface area (Å²) in [6, 6.07) is 5.71.